The molecular weight excluding hydrogens is 351 g/mol. The Morgan fingerprint density at radius 1 is 1.32 bits per heavy atom. The Balaban J connectivity index is 2.23. The Labute approximate surface area is 142 Å². The fourth-order valence-corrected chi connectivity index (χ4v) is 3.25. The number of sulfonamides is 1. The first-order valence-electron chi connectivity index (χ1n) is 7.02. The largest absolute Gasteiger partial charge is 0.477 e. The Morgan fingerprint density at radius 2 is 2.04 bits per heavy atom. The van der Waals surface area contributed by atoms with Crippen molar-refractivity contribution < 1.29 is 22.7 Å². The van der Waals surface area contributed by atoms with E-state index in [2.05, 4.69) is 10.1 Å². The molecule has 0 saturated carbocycles. The third-order valence-corrected chi connectivity index (χ3v) is 5.39. The molecule has 0 atom stereocenters. The van der Waals surface area contributed by atoms with Gasteiger partial charge in [-0.15, -0.1) is 0 Å². The Hall–Kier alpha value is -2.85. The smallest absolute Gasteiger partial charge is 0.341 e. The van der Waals surface area contributed by atoms with Gasteiger partial charge in [-0.2, -0.15) is 5.10 Å². The van der Waals surface area contributed by atoms with Gasteiger partial charge in [0.15, 0.2) is 5.65 Å². The number of halogens is 1. The van der Waals surface area contributed by atoms with Crippen molar-refractivity contribution in [1.82, 2.24) is 18.9 Å². The number of carbonyl (C=O) groups is 1. The van der Waals surface area contributed by atoms with E-state index < -0.39 is 21.8 Å². The molecule has 8 nitrogen and oxygen atoms in total. The second-order valence-electron chi connectivity index (χ2n) is 5.35. The minimum atomic E-state index is -3.81. The first kappa shape index (κ1) is 17.0. The van der Waals surface area contributed by atoms with Crippen molar-refractivity contribution >= 4 is 21.6 Å². The van der Waals surface area contributed by atoms with E-state index in [1.54, 1.807) is 6.07 Å². The van der Waals surface area contributed by atoms with E-state index in [1.165, 1.54) is 43.1 Å². The third kappa shape index (κ3) is 2.75. The molecular formula is C15H13FN4O4S. The van der Waals surface area contributed by atoms with Crippen LogP contribution >= 0.6 is 0 Å². The minimum Gasteiger partial charge on any atom is -0.477 e. The summed E-state index contributed by atoms with van der Waals surface area (Å²) in [6, 6.07) is 4.79. The molecule has 0 aliphatic rings. The summed E-state index contributed by atoms with van der Waals surface area (Å²) in [5.74, 6) is -2.21. The summed E-state index contributed by atoms with van der Waals surface area (Å²) in [7, 11) is -1.15. The van der Waals surface area contributed by atoms with Gasteiger partial charge < -0.3 is 5.11 Å². The molecule has 0 bridgehead atoms. The van der Waals surface area contributed by atoms with Crippen LogP contribution in [0.1, 0.15) is 10.4 Å². The van der Waals surface area contributed by atoms with Crippen LogP contribution in [0.5, 0.6) is 0 Å². The van der Waals surface area contributed by atoms with E-state index in [1.807, 2.05) is 0 Å². The van der Waals surface area contributed by atoms with Crippen LogP contribution in [0.3, 0.4) is 0 Å². The van der Waals surface area contributed by atoms with Crippen molar-refractivity contribution in [3.8, 4) is 11.3 Å². The van der Waals surface area contributed by atoms with Crippen LogP contribution < -0.4 is 0 Å². The molecule has 2 heterocycles. The maximum absolute atomic E-state index is 14.6. The zero-order valence-corrected chi connectivity index (χ0v) is 14.0. The molecule has 0 fully saturated rings. The molecule has 25 heavy (non-hydrogen) atoms. The number of aromatic carboxylic acids is 1. The monoisotopic (exact) mass is 364 g/mol. The van der Waals surface area contributed by atoms with Gasteiger partial charge in [0.1, 0.15) is 17.1 Å². The number of carboxylic acid groups (broad SMARTS) is 1. The van der Waals surface area contributed by atoms with Crippen LogP contribution in [0.4, 0.5) is 4.39 Å². The molecule has 3 aromatic rings. The van der Waals surface area contributed by atoms with E-state index in [-0.39, 0.29) is 27.4 Å². The first-order chi connectivity index (χ1) is 11.7. The molecule has 2 aromatic heterocycles. The molecule has 0 radical (unpaired) electrons. The zero-order valence-electron chi connectivity index (χ0n) is 13.2. The highest BCUT2D eigenvalue weighted by molar-refractivity contribution is 7.89. The maximum Gasteiger partial charge on any atom is 0.341 e. The van der Waals surface area contributed by atoms with E-state index in [0.717, 1.165) is 10.4 Å². The summed E-state index contributed by atoms with van der Waals surface area (Å²) in [5.41, 5.74) is -0.449. The summed E-state index contributed by atoms with van der Waals surface area (Å²) < 4.78 is 40.9. The lowest BCUT2D eigenvalue weighted by atomic mass is 10.1. The normalized spacial score (nSPS) is 12.0. The summed E-state index contributed by atoms with van der Waals surface area (Å²) in [4.78, 5) is 15.3. The van der Waals surface area contributed by atoms with Gasteiger partial charge in [0.25, 0.3) is 0 Å². The maximum atomic E-state index is 14.6. The molecule has 0 aliphatic heterocycles. The van der Waals surface area contributed by atoms with Gasteiger partial charge in [-0.1, -0.05) is 0 Å². The van der Waals surface area contributed by atoms with Gasteiger partial charge in [0.2, 0.25) is 10.0 Å². The SMILES string of the molecule is CN(C)S(=O)(=O)c1ccc(-c2nn3cccnc3c2C(=O)O)c(F)c1. The number of benzene rings is 1. The van der Waals surface area contributed by atoms with Crippen molar-refractivity contribution in [1.29, 1.82) is 0 Å². The Kier molecular flexibility index (Phi) is 4.01. The van der Waals surface area contributed by atoms with Crippen molar-refractivity contribution in [2.75, 3.05) is 14.1 Å². The summed E-state index contributed by atoms with van der Waals surface area (Å²) in [5, 5.41) is 13.5. The molecule has 0 aliphatic carbocycles. The van der Waals surface area contributed by atoms with Gasteiger partial charge in [0, 0.05) is 32.1 Å². The number of hydrogen-bond acceptors (Lipinski definition) is 5. The van der Waals surface area contributed by atoms with Crippen LogP contribution in [-0.4, -0.2) is 52.5 Å². The van der Waals surface area contributed by atoms with Crippen LogP contribution in [0, 0.1) is 5.82 Å². The van der Waals surface area contributed by atoms with Gasteiger partial charge >= 0.3 is 5.97 Å². The Bertz CT molecular complexity index is 1090. The topological polar surface area (TPSA) is 105 Å². The van der Waals surface area contributed by atoms with Gasteiger partial charge in [0.05, 0.1) is 4.90 Å². The van der Waals surface area contributed by atoms with Gasteiger partial charge in [-0.3, -0.25) is 0 Å². The summed E-state index contributed by atoms with van der Waals surface area (Å²) in [6.45, 7) is 0. The van der Waals surface area contributed by atoms with Crippen molar-refractivity contribution in [3.63, 3.8) is 0 Å². The fourth-order valence-electron chi connectivity index (χ4n) is 2.33. The molecule has 0 spiro atoms. The second kappa shape index (κ2) is 5.90. The molecule has 0 amide bonds. The molecule has 1 N–H and O–H groups in total. The number of hydrogen-bond donors (Lipinski definition) is 1. The van der Waals surface area contributed by atoms with E-state index in [9.17, 15) is 22.7 Å². The molecule has 0 saturated heterocycles. The molecule has 130 valence electrons. The predicted molar refractivity (Wildman–Crippen MR) is 86.2 cm³/mol. The number of rotatable bonds is 4. The lowest BCUT2D eigenvalue weighted by molar-refractivity contribution is 0.0699. The highest BCUT2D eigenvalue weighted by Crippen LogP contribution is 2.29. The highest BCUT2D eigenvalue weighted by atomic mass is 32.2. The predicted octanol–water partition coefficient (Wildman–Crippen LogP) is 1.48. The zero-order chi connectivity index (χ0) is 18.4. The van der Waals surface area contributed by atoms with Crippen LogP contribution in [0.15, 0.2) is 41.6 Å². The Morgan fingerprint density at radius 3 is 2.64 bits per heavy atom. The molecule has 3 rings (SSSR count). The van der Waals surface area contributed by atoms with E-state index >= 15 is 0 Å². The lowest BCUT2D eigenvalue weighted by Crippen LogP contribution is -2.22. The summed E-state index contributed by atoms with van der Waals surface area (Å²) >= 11 is 0. The van der Waals surface area contributed by atoms with Crippen molar-refractivity contribution in [2.24, 2.45) is 0 Å². The quantitative estimate of drug-likeness (QED) is 0.752. The number of fused-ring (bicyclic) bond motifs is 1. The van der Waals surface area contributed by atoms with E-state index in [4.69, 9.17) is 0 Å². The number of carboxylic acids is 1. The summed E-state index contributed by atoms with van der Waals surface area (Å²) in [6.07, 6.45) is 2.89. The first-order valence-corrected chi connectivity index (χ1v) is 8.46. The van der Waals surface area contributed by atoms with Crippen LogP contribution in [-0.2, 0) is 10.0 Å². The second-order valence-corrected chi connectivity index (χ2v) is 7.50. The van der Waals surface area contributed by atoms with Crippen LogP contribution in [0.25, 0.3) is 16.9 Å². The van der Waals surface area contributed by atoms with Gasteiger partial charge in [-0.25, -0.2) is 31.4 Å². The number of aromatic nitrogens is 3. The van der Waals surface area contributed by atoms with Crippen molar-refractivity contribution in [3.05, 3.63) is 48.0 Å². The van der Waals surface area contributed by atoms with Crippen LogP contribution in [0.2, 0.25) is 0 Å². The molecule has 0 unspecified atom stereocenters. The number of nitrogens with zero attached hydrogens (tertiary/aromatic N) is 4. The van der Waals surface area contributed by atoms with Crippen molar-refractivity contribution in [2.45, 2.75) is 4.90 Å². The standard InChI is InChI=1S/C15H13FN4O4S/c1-19(2)25(23,24)9-4-5-10(11(16)8-9)13-12(15(21)22)14-17-6-3-7-20(14)18-13/h3-8H,1-2H3,(H,21,22). The fraction of sp³-hybridized carbons (Fsp3) is 0.133. The molecule has 1 aromatic carbocycles. The van der Waals surface area contributed by atoms with Gasteiger partial charge in [-0.05, 0) is 24.3 Å². The average Bonchev–Trinajstić information content (AvgIpc) is 2.93. The third-order valence-electron chi connectivity index (χ3n) is 3.58. The highest BCUT2D eigenvalue weighted by Gasteiger charge is 2.25. The molecule has 10 heteroatoms. The van der Waals surface area contributed by atoms with E-state index in [0.29, 0.717) is 0 Å². The average molecular weight is 364 g/mol. The minimum absolute atomic E-state index is 0.0642. The lowest BCUT2D eigenvalue weighted by Gasteiger charge is -2.12.